The molecule has 0 atom stereocenters. The molecule has 0 aliphatic carbocycles. The lowest BCUT2D eigenvalue weighted by Crippen LogP contribution is -2.22. The maximum atomic E-state index is 12.2. The number of hydrogen-bond donors (Lipinski definition) is 1. The maximum absolute atomic E-state index is 12.2. The van der Waals surface area contributed by atoms with E-state index < -0.39 is 0 Å². The average Bonchev–Trinajstić information content (AvgIpc) is 3.10. The number of amides is 1. The van der Waals surface area contributed by atoms with E-state index in [4.69, 9.17) is 0 Å². The minimum Gasteiger partial charge on any atom is -0.347 e. The highest BCUT2D eigenvalue weighted by Crippen LogP contribution is 2.12. The number of rotatable bonds is 4. The zero-order chi connectivity index (χ0) is 16.4. The van der Waals surface area contributed by atoms with E-state index in [0.717, 1.165) is 21.3 Å². The van der Waals surface area contributed by atoms with E-state index >= 15 is 0 Å². The highest BCUT2D eigenvalue weighted by molar-refractivity contribution is 7.11. The molecule has 0 fully saturated rings. The number of hydrogen-bond acceptors (Lipinski definition) is 5. The first-order chi connectivity index (χ1) is 11.0. The number of carbonyl (C=O) groups excluding carboxylic acids is 1. The van der Waals surface area contributed by atoms with Crippen LogP contribution >= 0.6 is 11.3 Å². The van der Waals surface area contributed by atoms with E-state index in [-0.39, 0.29) is 5.91 Å². The molecule has 23 heavy (non-hydrogen) atoms. The van der Waals surface area contributed by atoms with E-state index in [1.165, 1.54) is 0 Å². The molecular weight excluding hydrogens is 310 g/mol. The second-order valence-electron chi connectivity index (χ2n) is 5.27. The molecule has 0 saturated heterocycles. The molecule has 118 valence electrons. The van der Waals surface area contributed by atoms with E-state index in [1.807, 2.05) is 26.8 Å². The Balaban J connectivity index is 1.69. The van der Waals surface area contributed by atoms with Crippen LogP contribution in [0.3, 0.4) is 0 Å². The molecule has 1 amide bonds. The third-order valence-corrected chi connectivity index (χ3v) is 4.24. The van der Waals surface area contributed by atoms with Crippen LogP contribution in [0.25, 0.3) is 5.82 Å². The van der Waals surface area contributed by atoms with Crippen LogP contribution < -0.4 is 5.32 Å². The molecule has 0 spiro atoms. The highest BCUT2D eigenvalue weighted by Gasteiger charge is 2.09. The molecule has 3 rings (SSSR count). The summed E-state index contributed by atoms with van der Waals surface area (Å²) in [6.07, 6.45) is 3.35. The van der Waals surface area contributed by atoms with Gasteiger partial charge in [-0.1, -0.05) is 0 Å². The maximum Gasteiger partial charge on any atom is 0.253 e. The number of pyridine rings is 1. The number of thiazole rings is 1. The van der Waals surface area contributed by atoms with Crippen molar-refractivity contribution in [1.82, 2.24) is 25.1 Å². The summed E-state index contributed by atoms with van der Waals surface area (Å²) in [6.45, 7) is 6.33. The molecule has 0 aromatic carbocycles. The zero-order valence-electron chi connectivity index (χ0n) is 13.2. The third kappa shape index (κ3) is 3.45. The molecule has 7 heteroatoms. The first kappa shape index (κ1) is 15.4. The summed E-state index contributed by atoms with van der Waals surface area (Å²) >= 11 is 1.58. The van der Waals surface area contributed by atoms with Gasteiger partial charge in [0.25, 0.3) is 5.91 Å². The van der Waals surface area contributed by atoms with Gasteiger partial charge in [-0.3, -0.25) is 4.79 Å². The molecule has 0 aliphatic rings. The predicted octanol–water partition coefficient (Wildman–Crippen LogP) is 2.58. The average molecular weight is 327 g/mol. The van der Waals surface area contributed by atoms with Gasteiger partial charge in [0.15, 0.2) is 5.82 Å². The Morgan fingerprint density at radius 3 is 2.61 bits per heavy atom. The van der Waals surface area contributed by atoms with Crippen molar-refractivity contribution in [2.45, 2.75) is 27.3 Å². The van der Waals surface area contributed by atoms with Crippen LogP contribution in [0.2, 0.25) is 0 Å². The van der Waals surface area contributed by atoms with E-state index in [1.54, 1.807) is 40.5 Å². The monoisotopic (exact) mass is 327 g/mol. The van der Waals surface area contributed by atoms with Crippen molar-refractivity contribution in [2.24, 2.45) is 0 Å². The van der Waals surface area contributed by atoms with Crippen molar-refractivity contribution in [1.29, 1.82) is 0 Å². The highest BCUT2D eigenvalue weighted by atomic mass is 32.1. The lowest BCUT2D eigenvalue weighted by atomic mass is 10.2. The van der Waals surface area contributed by atoms with Crippen LogP contribution in [0, 0.1) is 20.8 Å². The summed E-state index contributed by atoms with van der Waals surface area (Å²) in [6, 6.07) is 5.54. The molecule has 3 aromatic rings. The number of carbonyl (C=O) groups is 1. The summed E-state index contributed by atoms with van der Waals surface area (Å²) in [7, 11) is 0. The Morgan fingerprint density at radius 1 is 1.22 bits per heavy atom. The Kier molecular flexibility index (Phi) is 4.20. The summed E-state index contributed by atoms with van der Waals surface area (Å²) < 4.78 is 1.76. The number of nitrogens with zero attached hydrogens (tertiary/aromatic N) is 4. The van der Waals surface area contributed by atoms with Crippen LogP contribution in [0.15, 0.2) is 30.6 Å². The SMILES string of the molecule is Cc1cc(C)n(-c2ccc(C(=O)NCc3cnc(C)s3)cn2)n1. The van der Waals surface area contributed by atoms with Crippen LogP contribution in [-0.2, 0) is 6.54 Å². The van der Waals surface area contributed by atoms with Crippen molar-refractivity contribution in [2.75, 3.05) is 0 Å². The molecule has 3 aromatic heterocycles. The Hall–Kier alpha value is -2.54. The van der Waals surface area contributed by atoms with Gasteiger partial charge in [0, 0.05) is 23.0 Å². The summed E-state index contributed by atoms with van der Waals surface area (Å²) in [5.74, 6) is 0.550. The van der Waals surface area contributed by atoms with Crippen LogP contribution in [0.5, 0.6) is 0 Å². The molecule has 0 bridgehead atoms. The Bertz CT molecular complexity index is 835. The quantitative estimate of drug-likeness (QED) is 0.799. The van der Waals surface area contributed by atoms with Crippen LogP contribution in [-0.4, -0.2) is 25.7 Å². The fraction of sp³-hybridized carbons (Fsp3) is 0.250. The normalized spacial score (nSPS) is 10.7. The summed E-state index contributed by atoms with van der Waals surface area (Å²) in [5.41, 5.74) is 2.47. The minimum absolute atomic E-state index is 0.150. The van der Waals surface area contributed by atoms with Crippen molar-refractivity contribution in [3.63, 3.8) is 0 Å². The van der Waals surface area contributed by atoms with Gasteiger partial charge in [0.2, 0.25) is 0 Å². The number of aryl methyl sites for hydroxylation is 3. The summed E-state index contributed by atoms with van der Waals surface area (Å²) in [4.78, 5) is 21.7. The van der Waals surface area contributed by atoms with Gasteiger partial charge in [-0.25, -0.2) is 14.6 Å². The standard InChI is InChI=1S/C16H17N5OS/c1-10-6-11(2)21(20-10)15-5-4-13(7-18-15)16(22)19-9-14-8-17-12(3)23-14/h4-8H,9H2,1-3H3,(H,19,22). The third-order valence-electron chi connectivity index (χ3n) is 3.33. The minimum atomic E-state index is -0.150. The van der Waals surface area contributed by atoms with Crippen LogP contribution in [0.1, 0.15) is 31.6 Å². The van der Waals surface area contributed by atoms with Crippen molar-refractivity contribution in [3.05, 3.63) is 57.4 Å². The summed E-state index contributed by atoms with van der Waals surface area (Å²) in [5, 5.41) is 8.24. The van der Waals surface area contributed by atoms with Gasteiger partial charge >= 0.3 is 0 Å². The fourth-order valence-corrected chi connectivity index (χ4v) is 3.00. The van der Waals surface area contributed by atoms with Gasteiger partial charge in [-0.15, -0.1) is 11.3 Å². The van der Waals surface area contributed by atoms with Crippen molar-refractivity contribution in [3.8, 4) is 5.82 Å². The number of aromatic nitrogens is 4. The topological polar surface area (TPSA) is 72.7 Å². The van der Waals surface area contributed by atoms with Gasteiger partial charge in [-0.2, -0.15) is 5.10 Å². The van der Waals surface area contributed by atoms with E-state index in [9.17, 15) is 4.79 Å². The number of nitrogens with one attached hydrogen (secondary N) is 1. The zero-order valence-corrected chi connectivity index (χ0v) is 14.0. The molecule has 3 heterocycles. The van der Waals surface area contributed by atoms with Gasteiger partial charge in [0.1, 0.15) is 0 Å². The van der Waals surface area contributed by atoms with Crippen molar-refractivity contribution >= 4 is 17.2 Å². The Labute approximate surface area is 138 Å². The van der Waals surface area contributed by atoms with E-state index in [0.29, 0.717) is 17.9 Å². The Morgan fingerprint density at radius 2 is 2.04 bits per heavy atom. The van der Waals surface area contributed by atoms with Gasteiger partial charge in [-0.05, 0) is 39.0 Å². The molecule has 0 saturated carbocycles. The second kappa shape index (κ2) is 6.29. The molecular formula is C16H17N5OS. The molecule has 0 radical (unpaired) electrons. The predicted molar refractivity (Wildman–Crippen MR) is 88.9 cm³/mol. The van der Waals surface area contributed by atoms with Crippen molar-refractivity contribution < 1.29 is 4.79 Å². The molecule has 6 nitrogen and oxygen atoms in total. The molecule has 0 unspecified atom stereocenters. The van der Waals surface area contributed by atoms with Gasteiger partial charge < -0.3 is 5.32 Å². The lowest BCUT2D eigenvalue weighted by molar-refractivity contribution is 0.0951. The van der Waals surface area contributed by atoms with Gasteiger partial charge in [0.05, 0.1) is 22.8 Å². The first-order valence-electron chi connectivity index (χ1n) is 7.22. The molecule has 1 N–H and O–H groups in total. The van der Waals surface area contributed by atoms with E-state index in [2.05, 4.69) is 20.4 Å². The largest absolute Gasteiger partial charge is 0.347 e. The smallest absolute Gasteiger partial charge is 0.253 e. The fourth-order valence-electron chi connectivity index (χ4n) is 2.26. The van der Waals surface area contributed by atoms with Crippen LogP contribution in [0.4, 0.5) is 0 Å². The molecule has 0 aliphatic heterocycles. The second-order valence-corrected chi connectivity index (χ2v) is 6.59. The lowest BCUT2D eigenvalue weighted by Gasteiger charge is -2.06. The first-order valence-corrected chi connectivity index (χ1v) is 8.04.